The molecular weight excluding hydrogens is 484 g/mol. The Balaban J connectivity index is 1.70. The van der Waals surface area contributed by atoms with Gasteiger partial charge in [0.25, 0.3) is 0 Å². The highest BCUT2D eigenvalue weighted by Crippen LogP contribution is 2.69. The highest BCUT2D eigenvalue weighted by Gasteiger charge is 2.68. The maximum absolute atomic E-state index is 14.3. The first-order valence-electron chi connectivity index (χ1n) is 14.8. The number of hydrogen-bond acceptors (Lipinski definition) is 7. The van der Waals surface area contributed by atoms with Crippen molar-refractivity contribution in [2.75, 3.05) is 7.11 Å². The zero-order valence-electron chi connectivity index (χ0n) is 24.4. The Morgan fingerprint density at radius 1 is 1.00 bits per heavy atom. The molecular formula is C31H48O7. The van der Waals surface area contributed by atoms with Crippen LogP contribution in [-0.2, 0) is 33.4 Å². The van der Waals surface area contributed by atoms with Crippen molar-refractivity contribution in [1.29, 1.82) is 0 Å². The summed E-state index contributed by atoms with van der Waals surface area (Å²) in [6, 6.07) is 0. The minimum absolute atomic E-state index is 0.000525. The van der Waals surface area contributed by atoms with Crippen molar-refractivity contribution in [2.24, 2.45) is 52.3 Å². The second-order valence-corrected chi connectivity index (χ2v) is 13.4. The number of rotatable bonds is 7. The molecule has 7 nitrogen and oxygen atoms in total. The fourth-order valence-corrected chi connectivity index (χ4v) is 10.0. The van der Waals surface area contributed by atoms with Gasteiger partial charge in [-0.2, -0.15) is 0 Å². The van der Waals surface area contributed by atoms with Crippen LogP contribution in [0.2, 0.25) is 0 Å². The summed E-state index contributed by atoms with van der Waals surface area (Å²) in [7, 11) is 1.43. The predicted molar refractivity (Wildman–Crippen MR) is 142 cm³/mol. The van der Waals surface area contributed by atoms with Gasteiger partial charge in [-0.05, 0) is 85.4 Å². The number of carbonyl (C=O) groups excluding carboxylic acids is 4. The van der Waals surface area contributed by atoms with Crippen LogP contribution in [0.5, 0.6) is 0 Å². The van der Waals surface area contributed by atoms with Crippen molar-refractivity contribution in [1.82, 2.24) is 0 Å². The van der Waals surface area contributed by atoms with Crippen LogP contribution in [0.4, 0.5) is 0 Å². The minimum Gasteiger partial charge on any atom is -0.469 e. The van der Waals surface area contributed by atoms with Crippen molar-refractivity contribution < 1.29 is 33.4 Å². The molecule has 0 heterocycles. The molecule has 0 bridgehead atoms. The number of carbonyl (C=O) groups is 4. The lowest BCUT2D eigenvalue weighted by Crippen LogP contribution is -2.65. The topological polar surface area (TPSA) is 96.0 Å². The first-order valence-corrected chi connectivity index (χ1v) is 14.8. The minimum atomic E-state index is -0.311. The average molecular weight is 533 g/mol. The van der Waals surface area contributed by atoms with E-state index >= 15 is 0 Å². The van der Waals surface area contributed by atoms with Crippen molar-refractivity contribution in [3.05, 3.63) is 0 Å². The van der Waals surface area contributed by atoms with Crippen LogP contribution in [-0.4, -0.2) is 43.0 Å². The zero-order valence-corrected chi connectivity index (χ0v) is 24.4. The van der Waals surface area contributed by atoms with Crippen LogP contribution in [0.3, 0.4) is 0 Å². The molecule has 0 saturated heterocycles. The van der Waals surface area contributed by atoms with Gasteiger partial charge in [-0.3, -0.25) is 19.2 Å². The first kappa shape index (κ1) is 29.1. The lowest BCUT2D eigenvalue weighted by molar-refractivity contribution is -0.216. The average Bonchev–Trinajstić information content (AvgIpc) is 3.18. The van der Waals surface area contributed by atoms with Crippen LogP contribution < -0.4 is 0 Å². The molecule has 0 radical (unpaired) electrons. The van der Waals surface area contributed by atoms with E-state index < -0.39 is 0 Å². The van der Waals surface area contributed by atoms with E-state index in [1.54, 1.807) is 0 Å². The van der Waals surface area contributed by atoms with E-state index in [9.17, 15) is 19.2 Å². The third-order valence-electron chi connectivity index (χ3n) is 11.5. The van der Waals surface area contributed by atoms with Crippen molar-refractivity contribution in [3.8, 4) is 0 Å². The summed E-state index contributed by atoms with van der Waals surface area (Å²) in [6.45, 7) is 11.9. The fraction of sp³-hybridized carbons (Fsp3) is 0.871. The van der Waals surface area contributed by atoms with Gasteiger partial charge < -0.3 is 14.2 Å². The van der Waals surface area contributed by atoms with Gasteiger partial charge >= 0.3 is 17.9 Å². The molecule has 4 saturated carbocycles. The van der Waals surface area contributed by atoms with Crippen LogP contribution in [0.15, 0.2) is 0 Å². The van der Waals surface area contributed by atoms with E-state index in [-0.39, 0.29) is 70.5 Å². The molecule has 4 fully saturated rings. The molecule has 4 aliphatic rings. The van der Waals surface area contributed by atoms with Gasteiger partial charge in [0.1, 0.15) is 18.0 Å². The Hall–Kier alpha value is -1.92. The molecule has 11 atom stereocenters. The molecule has 7 heteroatoms. The SMILES string of the molecule is CC[C@H]1[C@@H](OC(C)=O)C2C3CC[C@H]([C@H](C)CCC(=O)OC)[C@@]3(C)CC(=O)C2[C@@]2(C)CC[C@@H](OC(C)=O)C[C@@H]12. The van der Waals surface area contributed by atoms with Crippen LogP contribution >= 0.6 is 0 Å². The molecule has 0 aromatic rings. The van der Waals surface area contributed by atoms with Gasteiger partial charge in [-0.25, -0.2) is 0 Å². The standard InChI is InChI=1S/C31H48O7/c1-8-21-24-15-20(37-18(3)32)13-14-30(24,5)28-25(34)16-31(6)22(17(2)9-12-26(35)36-7)10-11-23(31)27(28)29(21)38-19(4)33/h17,20-24,27-29H,8-16H2,1-7H3/t17-,20-,21-,22-,23?,24+,27?,28?,29-,30+,31-/m1/s1. The Bertz CT molecular complexity index is 945. The molecule has 4 aliphatic carbocycles. The number of ketones is 1. The van der Waals surface area contributed by atoms with Gasteiger partial charge in [0.2, 0.25) is 0 Å². The van der Waals surface area contributed by atoms with Crippen molar-refractivity contribution in [3.63, 3.8) is 0 Å². The van der Waals surface area contributed by atoms with Crippen molar-refractivity contribution in [2.45, 2.75) is 112 Å². The predicted octanol–water partition coefficient (Wildman–Crippen LogP) is 5.52. The second-order valence-electron chi connectivity index (χ2n) is 13.4. The Morgan fingerprint density at radius 2 is 1.68 bits per heavy atom. The largest absolute Gasteiger partial charge is 0.469 e. The van der Waals surface area contributed by atoms with E-state index in [1.165, 1.54) is 21.0 Å². The second kappa shape index (κ2) is 10.9. The third-order valence-corrected chi connectivity index (χ3v) is 11.5. The number of Topliss-reactive ketones (excluding diaryl/α,β-unsaturated/α-hetero) is 1. The molecule has 4 rings (SSSR count). The molecule has 0 N–H and O–H groups in total. The van der Waals surface area contributed by atoms with Crippen LogP contribution in [0.25, 0.3) is 0 Å². The van der Waals surface area contributed by atoms with E-state index in [0.29, 0.717) is 30.5 Å². The fourth-order valence-electron chi connectivity index (χ4n) is 10.0. The summed E-state index contributed by atoms with van der Waals surface area (Å²) >= 11 is 0. The number of ether oxygens (including phenoxy) is 3. The van der Waals surface area contributed by atoms with E-state index in [1.807, 2.05) is 0 Å². The highest BCUT2D eigenvalue weighted by atomic mass is 16.5. The lowest BCUT2D eigenvalue weighted by atomic mass is 9.41. The zero-order chi connectivity index (χ0) is 28.0. The van der Waals surface area contributed by atoms with Gasteiger partial charge in [-0.1, -0.05) is 27.7 Å². The molecule has 214 valence electrons. The van der Waals surface area contributed by atoms with Crippen molar-refractivity contribution >= 4 is 23.7 Å². The summed E-state index contributed by atoms with van der Waals surface area (Å²) in [6.07, 6.45) is 6.46. The van der Waals surface area contributed by atoms with Gasteiger partial charge in [0.15, 0.2) is 0 Å². The summed E-state index contributed by atoms with van der Waals surface area (Å²) in [4.78, 5) is 50.4. The van der Waals surface area contributed by atoms with E-state index in [0.717, 1.165) is 44.9 Å². The molecule has 0 spiro atoms. The molecule has 38 heavy (non-hydrogen) atoms. The molecule has 3 unspecified atom stereocenters. The number of hydrogen-bond donors (Lipinski definition) is 0. The lowest BCUT2D eigenvalue weighted by Gasteiger charge is -2.64. The monoisotopic (exact) mass is 532 g/mol. The van der Waals surface area contributed by atoms with Gasteiger partial charge in [0.05, 0.1) is 7.11 Å². The third kappa shape index (κ3) is 4.92. The van der Waals surface area contributed by atoms with E-state index in [2.05, 4.69) is 27.7 Å². The van der Waals surface area contributed by atoms with Gasteiger partial charge in [-0.15, -0.1) is 0 Å². The van der Waals surface area contributed by atoms with Gasteiger partial charge in [0, 0.05) is 38.5 Å². The smallest absolute Gasteiger partial charge is 0.305 e. The Labute approximate surface area is 228 Å². The summed E-state index contributed by atoms with van der Waals surface area (Å²) in [5.74, 6) is 0.619. The normalized spacial score (nSPS) is 42.8. The number of methoxy groups -OCH3 is 1. The molecule has 0 aromatic heterocycles. The first-order chi connectivity index (χ1) is 17.9. The summed E-state index contributed by atoms with van der Waals surface area (Å²) in [5.41, 5.74) is -0.381. The Morgan fingerprint density at radius 3 is 2.29 bits per heavy atom. The Kier molecular flexibility index (Phi) is 8.36. The molecule has 0 amide bonds. The summed E-state index contributed by atoms with van der Waals surface area (Å²) in [5, 5.41) is 0. The molecule has 0 aromatic carbocycles. The highest BCUT2D eigenvalue weighted by molar-refractivity contribution is 5.84. The van der Waals surface area contributed by atoms with E-state index in [4.69, 9.17) is 14.2 Å². The number of esters is 3. The van der Waals surface area contributed by atoms with Crippen LogP contribution in [0.1, 0.15) is 99.3 Å². The van der Waals surface area contributed by atoms with Crippen LogP contribution in [0, 0.1) is 52.3 Å². The maximum Gasteiger partial charge on any atom is 0.305 e. The maximum atomic E-state index is 14.3. The molecule has 0 aliphatic heterocycles. The summed E-state index contributed by atoms with van der Waals surface area (Å²) < 4.78 is 16.8. The number of fused-ring (bicyclic) bond motifs is 5. The quantitative estimate of drug-likeness (QED) is 0.314.